The molecule has 0 N–H and O–H groups in total. The number of nitrogens with zero attached hydrogens (tertiary/aromatic N) is 4. The molecule has 0 aliphatic rings. The van der Waals surface area contributed by atoms with Crippen molar-refractivity contribution in [3.05, 3.63) is 52.2 Å². The van der Waals surface area contributed by atoms with Gasteiger partial charge in [0, 0.05) is 12.4 Å². The number of nitro groups is 1. The highest BCUT2D eigenvalue weighted by atomic mass is 16.6. The molecule has 0 atom stereocenters. The maximum Gasteiger partial charge on any atom is 0.307 e. The molecule has 0 radical (unpaired) electrons. The van der Waals surface area contributed by atoms with Gasteiger partial charge in [-0.1, -0.05) is 0 Å². The third kappa shape index (κ3) is 1.62. The topological polar surface area (TPSA) is 87.9 Å². The number of hydrogen-bond donors (Lipinski definition) is 0. The molecule has 0 unspecified atom stereocenters. The maximum atomic E-state index is 11.0. The molecule has 0 saturated carbocycles. The second kappa shape index (κ2) is 3.37. The Hall–Kier alpha value is -2.44. The fourth-order valence-electron chi connectivity index (χ4n) is 1.20. The van der Waals surface area contributed by atoms with Gasteiger partial charge in [0.05, 0.1) is 11.0 Å². The molecule has 2 aromatic rings. The van der Waals surface area contributed by atoms with Crippen molar-refractivity contribution in [1.29, 1.82) is 0 Å². The summed E-state index contributed by atoms with van der Waals surface area (Å²) in [6, 6.07) is 2.76. The van der Waals surface area contributed by atoms with Crippen LogP contribution in [0.4, 0.5) is 5.69 Å². The van der Waals surface area contributed by atoms with E-state index in [1.807, 2.05) is 0 Å². The molecular formula is C8H6N4O3. The van der Waals surface area contributed by atoms with Crippen LogP contribution in [-0.2, 0) is 0 Å². The minimum Gasteiger partial charge on any atom is -0.619 e. The fourth-order valence-corrected chi connectivity index (χ4v) is 1.20. The normalized spacial score (nSPS) is 10.1. The highest BCUT2D eigenvalue weighted by molar-refractivity contribution is 5.47. The summed E-state index contributed by atoms with van der Waals surface area (Å²) < 4.78 is 1.76. The summed E-state index contributed by atoms with van der Waals surface area (Å²) in [7, 11) is 0. The van der Waals surface area contributed by atoms with E-state index in [9.17, 15) is 15.3 Å². The zero-order valence-electron chi connectivity index (χ0n) is 7.48. The molecule has 7 nitrogen and oxygen atoms in total. The second-order valence-electron chi connectivity index (χ2n) is 2.78. The van der Waals surface area contributed by atoms with Gasteiger partial charge in [0.15, 0.2) is 6.20 Å². The first-order valence-corrected chi connectivity index (χ1v) is 4.06. The summed E-state index contributed by atoms with van der Waals surface area (Å²) in [5, 5.41) is 25.5. The quantitative estimate of drug-likeness (QED) is 0.308. The Bertz CT molecular complexity index is 495. The lowest BCUT2D eigenvalue weighted by Gasteiger charge is -2.02. The molecular weight excluding hydrogens is 200 g/mol. The summed E-state index contributed by atoms with van der Waals surface area (Å²) in [4.78, 5) is 10.1. The van der Waals surface area contributed by atoms with Crippen LogP contribution in [0, 0.1) is 15.3 Å². The van der Waals surface area contributed by atoms with E-state index in [-0.39, 0.29) is 11.4 Å². The van der Waals surface area contributed by atoms with Crippen LogP contribution in [0.15, 0.2) is 36.9 Å². The summed E-state index contributed by atoms with van der Waals surface area (Å²) in [6.07, 6.45) is 5.18. The first kappa shape index (κ1) is 9.13. The fraction of sp³-hybridized carbons (Fsp3) is 0. The van der Waals surface area contributed by atoms with Crippen molar-refractivity contribution in [2.24, 2.45) is 0 Å². The summed E-state index contributed by atoms with van der Waals surface area (Å²) >= 11 is 0. The summed E-state index contributed by atoms with van der Waals surface area (Å²) in [5.74, 6) is 0. The zero-order chi connectivity index (χ0) is 10.8. The molecule has 0 fully saturated rings. The molecule has 2 rings (SSSR count). The van der Waals surface area contributed by atoms with Crippen molar-refractivity contribution in [3.8, 4) is 5.69 Å². The molecule has 0 aliphatic heterocycles. The lowest BCUT2D eigenvalue weighted by atomic mass is 10.3. The average molecular weight is 206 g/mol. The van der Waals surface area contributed by atoms with Crippen LogP contribution in [0.3, 0.4) is 0 Å². The van der Waals surface area contributed by atoms with Crippen molar-refractivity contribution in [1.82, 2.24) is 9.78 Å². The lowest BCUT2D eigenvalue weighted by molar-refractivity contribution is -0.605. The van der Waals surface area contributed by atoms with E-state index in [0.29, 0.717) is 4.73 Å². The van der Waals surface area contributed by atoms with Crippen LogP contribution in [0.25, 0.3) is 5.69 Å². The Kier molecular flexibility index (Phi) is 2.05. The lowest BCUT2D eigenvalue weighted by Crippen LogP contribution is -2.25. The van der Waals surface area contributed by atoms with Gasteiger partial charge in [0.2, 0.25) is 11.9 Å². The molecule has 0 saturated heterocycles. The van der Waals surface area contributed by atoms with Gasteiger partial charge in [0.25, 0.3) is 0 Å². The van der Waals surface area contributed by atoms with Gasteiger partial charge in [-0.2, -0.15) is 9.83 Å². The Balaban J connectivity index is 2.63. The van der Waals surface area contributed by atoms with Crippen molar-refractivity contribution >= 4 is 5.69 Å². The van der Waals surface area contributed by atoms with Crippen LogP contribution in [0.2, 0.25) is 0 Å². The Morgan fingerprint density at radius 2 is 2.33 bits per heavy atom. The van der Waals surface area contributed by atoms with Gasteiger partial charge in [-0.3, -0.25) is 10.1 Å². The minimum absolute atomic E-state index is 0.141. The molecule has 0 amide bonds. The third-order valence-electron chi connectivity index (χ3n) is 1.84. The molecule has 15 heavy (non-hydrogen) atoms. The summed E-state index contributed by atoms with van der Waals surface area (Å²) in [6.45, 7) is 0. The zero-order valence-corrected chi connectivity index (χ0v) is 7.48. The predicted octanol–water partition coefficient (Wildman–Crippen LogP) is 0.414. The Morgan fingerprint density at radius 1 is 1.53 bits per heavy atom. The van der Waals surface area contributed by atoms with Crippen molar-refractivity contribution in [2.75, 3.05) is 0 Å². The molecule has 7 heteroatoms. The van der Waals surface area contributed by atoms with Crippen LogP contribution >= 0.6 is 0 Å². The van der Waals surface area contributed by atoms with Gasteiger partial charge in [-0.15, -0.1) is 0 Å². The van der Waals surface area contributed by atoms with Gasteiger partial charge >= 0.3 is 5.69 Å². The van der Waals surface area contributed by atoms with Crippen LogP contribution < -0.4 is 4.73 Å². The monoisotopic (exact) mass is 206 g/mol. The highest BCUT2D eigenvalue weighted by Gasteiger charge is 2.18. The van der Waals surface area contributed by atoms with Gasteiger partial charge < -0.3 is 5.21 Å². The molecule has 0 aliphatic carbocycles. The van der Waals surface area contributed by atoms with Crippen molar-refractivity contribution < 1.29 is 9.65 Å². The van der Waals surface area contributed by atoms with E-state index in [1.54, 1.807) is 6.07 Å². The smallest absolute Gasteiger partial charge is 0.307 e. The van der Waals surface area contributed by atoms with E-state index in [1.165, 1.54) is 17.1 Å². The standard InChI is InChI=1S/C8H6N4O3/c13-10-5-2-7(12(14)15)8(6-10)11-4-1-3-9-11/h1-6H. The first-order chi connectivity index (χ1) is 7.18. The SMILES string of the molecule is O=[N+]([O-])c1cc[n+]([O-])cc1-n1cccn1. The van der Waals surface area contributed by atoms with Crippen molar-refractivity contribution in [3.63, 3.8) is 0 Å². The first-order valence-electron chi connectivity index (χ1n) is 4.06. The molecule has 2 aromatic heterocycles. The van der Waals surface area contributed by atoms with E-state index >= 15 is 0 Å². The van der Waals surface area contributed by atoms with Gasteiger partial charge in [0.1, 0.15) is 0 Å². The van der Waals surface area contributed by atoms with E-state index in [0.717, 1.165) is 18.5 Å². The van der Waals surface area contributed by atoms with Gasteiger partial charge in [-0.05, 0) is 6.07 Å². The van der Waals surface area contributed by atoms with Crippen molar-refractivity contribution in [2.45, 2.75) is 0 Å². The molecule has 0 spiro atoms. The maximum absolute atomic E-state index is 11.0. The Labute approximate surface area is 83.9 Å². The Morgan fingerprint density at radius 3 is 2.93 bits per heavy atom. The van der Waals surface area contributed by atoms with Crippen LogP contribution in [-0.4, -0.2) is 14.7 Å². The predicted molar refractivity (Wildman–Crippen MR) is 49.2 cm³/mol. The number of aromatic nitrogens is 3. The third-order valence-corrected chi connectivity index (χ3v) is 1.84. The van der Waals surface area contributed by atoms with E-state index < -0.39 is 4.92 Å². The number of rotatable bonds is 2. The van der Waals surface area contributed by atoms with E-state index in [4.69, 9.17) is 0 Å². The minimum atomic E-state index is -0.559. The largest absolute Gasteiger partial charge is 0.619 e. The highest BCUT2D eigenvalue weighted by Crippen LogP contribution is 2.18. The van der Waals surface area contributed by atoms with Crippen LogP contribution in [0.1, 0.15) is 0 Å². The molecule has 76 valence electrons. The molecule has 0 bridgehead atoms. The van der Waals surface area contributed by atoms with Gasteiger partial charge in [-0.25, -0.2) is 4.68 Å². The second-order valence-corrected chi connectivity index (χ2v) is 2.78. The number of pyridine rings is 1. The number of hydrogen-bond acceptors (Lipinski definition) is 4. The molecule has 2 heterocycles. The molecule has 0 aromatic carbocycles. The average Bonchev–Trinajstić information content (AvgIpc) is 2.69. The van der Waals surface area contributed by atoms with E-state index in [2.05, 4.69) is 5.10 Å². The van der Waals surface area contributed by atoms with Crippen LogP contribution in [0.5, 0.6) is 0 Å². The summed E-state index contributed by atoms with van der Waals surface area (Å²) in [5.41, 5.74) is -0.0201.